The second kappa shape index (κ2) is 26.4. The van der Waals surface area contributed by atoms with Gasteiger partial charge in [0.05, 0.1) is 79.3 Å². The van der Waals surface area contributed by atoms with Crippen molar-refractivity contribution < 1.29 is 46.9 Å². The number of ether oxygens (including phenoxy) is 8. The van der Waals surface area contributed by atoms with Gasteiger partial charge in [-0.2, -0.15) is 4.52 Å². The molecular formula is C18H39NO10P2. The van der Waals surface area contributed by atoms with E-state index in [1.807, 2.05) is 0 Å². The van der Waals surface area contributed by atoms with Crippen LogP contribution >= 0.6 is 17.6 Å². The maximum absolute atomic E-state index is 5.69. The summed E-state index contributed by atoms with van der Waals surface area (Å²) in [6.45, 7) is 5.56. The van der Waals surface area contributed by atoms with Gasteiger partial charge in [0.15, 0.2) is 8.60 Å². The van der Waals surface area contributed by atoms with Crippen LogP contribution in [0.1, 0.15) is 0 Å². The standard InChI is InChI=1S/C18H39NO10P2/c1-20-5-9-24-13-17(26-11-7-22-3)15-28-30-19-31-29-16-18(27-12-8-23-4)14-25-10-6-21-2/h17-18,30H,5-16H2,1-4H3. The van der Waals surface area contributed by atoms with E-state index in [1.54, 1.807) is 28.4 Å². The van der Waals surface area contributed by atoms with Crippen molar-refractivity contribution in [3.05, 3.63) is 0 Å². The zero-order valence-corrected chi connectivity index (χ0v) is 21.0. The molecule has 0 aliphatic rings. The van der Waals surface area contributed by atoms with Crippen LogP contribution in [-0.4, -0.2) is 120 Å². The highest BCUT2D eigenvalue weighted by atomic mass is 31.1. The Labute approximate surface area is 189 Å². The summed E-state index contributed by atoms with van der Waals surface area (Å²) in [4.78, 5) is 0. The molecule has 0 spiro atoms. The van der Waals surface area contributed by atoms with Gasteiger partial charge in [-0.25, -0.2) is 0 Å². The Morgan fingerprint density at radius 1 is 0.613 bits per heavy atom. The minimum absolute atomic E-state index is 0.0715. The van der Waals surface area contributed by atoms with E-state index in [-0.39, 0.29) is 21.2 Å². The molecule has 3 atom stereocenters. The van der Waals surface area contributed by atoms with Crippen LogP contribution in [0.4, 0.5) is 0 Å². The Balaban J connectivity index is 4.05. The predicted molar refractivity (Wildman–Crippen MR) is 118 cm³/mol. The Hall–Kier alpha value is 0.130. The van der Waals surface area contributed by atoms with Gasteiger partial charge in [0.25, 0.3) is 0 Å². The highest BCUT2D eigenvalue weighted by Gasteiger charge is 2.11. The van der Waals surface area contributed by atoms with Gasteiger partial charge in [0.1, 0.15) is 21.2 Å². The molecule has 0 saturated heterocycles. The maximum Gasteiger partial charge on any atom is 0.178 e. The van der Waals surface area contributed by atoms with Crippen LogP contribution in [0, 0.1) is 0 Å². The molecule has 0 aromatic carbocycles. The first-order valence-electron chi connectivity index (χ1n) is 10.0. The molecule has 13 heteroatoms. The minimum Gasteiger partial charge on any atom is -0.382 e. The van der Waals surface area contributed by atoms with Crippen molar-refractivity contribution in [2.24, 2.45) is 4.52 Å². The first-order valence-corrected chi connectivity index (χ1v) is 11.6. The third kappa shape index (κ3) is 23.1. The highest BCUT2D eigenvalue weighted by molar-refractivity contribution is 7.39. The quantitative estimate of drug-likeness (QED) is 0.139. The van der Waals surface area contributed by atoms with Crippen molar-refractivity contribution in [2.75, 3.05) is 108 Å². The summed E-state index contributed by atoms with van der Waals surface area (Å²) in [7, 11) is 6.91. The van der Waals surface area contributed by atoms with Crippen molar-refractivity contribution in [2.45, 2.75) is 12.2 Å². The van der Waals surface area contributed by atoms with Gasteiger partial charge in [-0.1, -0.05) is 0 Å². The number of rotatable bonds is 25. The second-order valence-corrected chi connectivity index (χ2v) is 7.68. The molecule has 0 aliphatic heterocycles. The number of hydrogen-bond acceptors (Lipinski definition) is 11. The average Bonchev–Trinajstić information content (AvgIpc) is 2.78. The van der Waals surface area contributed by atoms with Crippen molar-refractivity contribution in [3.8, 4) is 0 Å². The summed E-state index contributed by atoms with van der Waals surface area (Å²) in [5.74, 6) is 0. The molecule has 186 valence electrons. The van der Waals surface area contributed by atoms with Gasteiger partial charge in [-0.05, 0) is 0 Å². The average molecular weight is 491 g/mol. The van der Waals surface area contributed by atoms with Gasteiger partial charge in [-0.15, -0.1) is 0 Å². The lowest BCUT2D eigenvalue weighted by atomic mass is 10.4. The van der Waals surface area contributed by atoms with Crippen LogP contribution in [0.5, 0.6) is 0 Å². The van der Waals surface area contributed by atoms with Crippen LogP contribution in [0.25, 0.3) is 0 Å². The molecular weight excluding hydrogens is 452 g/mol. The highest BCUT2D eigenvalue weighted by Crippen LogP contribution is 2.21. The second-order valence-electron chi connectivity index (χ2n) is 5.99. The van der Waals surface area contributed by atoms with E-state index in [1.165, 1.54) is 0 Å². The van der Waals surface area contributed by atoms with Gasteiger partial charge in [-0.3, -0.25) is 0 Å². The summed E-state index contributed by atoms with van der Waals surface area (Å²) >= 11 is 0. The third-order valence-electron chi connectivity index (χ3n) is 3.49. The number of methoxy groups -OCH3 is 4. The monoisotopic (exact) mass is 491 g/mol. The Bertz CT molecular complexity index is 385. The zero-order chi connectivity index (χ0) is 22.8. The Kier molecular flexibility index (Phi) is 26.5. The zero-order valence-electron chi connectivity index (χ0n) is 19.1. The first-order chi connectivity index (χ1) is 15.3. The van der Waals surface area contributed by atoms with Gasteiger partial charge >= 0.3 is 0 Å². The summed E-state index contributed by atoms with van der Waals surface area (Å²) < 4.78 is 57.6. The fraction of sp³-hybridized carbons (Fsp3) is 1.00. The molecule has 0 aromatic rings. The summed E-state index contributed by atoms with van der Waals surface area (Å²) in [6.07, 6.45) is -0.406. The first kappa shape index (κ1) is 31.1. The largest absolute Gasteiger partial charge is 0.382 e. The molecule has 0 rings (SSSR count). The molecule has 0 amide bonds. The summed E-state index contributed by atoms with van der Waals surface area (Å²) in [5, 5.41) is 0. The Morgan fingerprint density at radius 3 is 1.61 bits per heavy atom. The number of hydrogen-bond donors (Lipinski definition) is 0. The number of nitrogens with zero attached hydrogens (tertiary/aromatic N) is 1. The van der Waals surface area contributed by atoms with E-state index in [4.69, 9.17) is 46.9 Å². The smallest absolute Gasteiger partial charge is 0.178 e. The van der Waals surface area contributed by atoms with Crippen molar-refractivity contribution in [3.63, 3.8) is 0 Å². The SMILES string of the molecule is COCCOCC(COP=NPOCC(COCCOC)OCCOC)OCCOC. The van der Waals surface area contributed by atoms with E-state index >= 15 is 0 Å². The van der Waals surface area contributed by atoms with E-state index in [0.717, 1.165) is 0 Å². The fourth-order valence-electron chi connectivity index (χ4n) is 1.92. The molecule has 0 saturated carbocycles. The predicted octanol–water partition coefficient (Wildman–Crippen LogP) is 1.96. The molecule has 0 heterocycles. The van der Waals surface area contributed by atoms with E-state index in [0.29, 0.717) is 87.9 Å². The third-order valence-corrected chi connectivity index (χ3v) is 4.70. The van der Waals surface area contributed by atoms with E-state index in [2.05, 4.69) is 4.52 Å². The summed E-state index contributed by atoms with van der Waals surface area (Å²) in [6, 6.07) is 0. The van der Waals surface area contributed by atoms with Crippen molar-refractivity contribution >= 4 is 17.6 Å². The molecule has 31 heavy (non-hydrogen) atoms. The lowest BCUT2D eigenvalue weighted by Gasteiger charge is -2.17. The lowest BCUT2D eigenvalue weighted by Crippen LogP contribution is -2.27. The van der Waals surface area contributed by atoms with Crippen molar-refractivity contribution in [1.82, 2.24) is 0 Å². The molecule has 0 bridgehead atoms. The molecule has 0 radical (unpaired) electrons. The van der Waals surface area contributed by atoms with Gasteiger partial charge in [0, 0.05) is 28.4 Å². The Morgan fingerprint density at radius 2 is 1.10 bits per heavy atom. The minimum atomic E-state index is -0.207. The van der Waals surface area contributed by atoms with Gasteiger partial charge in [0.2, 0.25) is 0 Å². The molecule has 0 aromatic heterocycles. The van der Waals surface area contributed by atoms with Crippen LogP contribution in [0.3, 0.4) is 0 Å². The normalized spacial score (nSPS) is 14.2. The van der Waals surface area contributed by atoms with E-state index in [9.17, 15) is 0 Å². The van der Waals surface area contributed by atoms with Crippen LogP contribution in [0.15, 0.2) is 4.52 Å². The van der Waals surface area contributed by atoms with Crippen molar-refractivity contribution in [1.29, 1.82) is 0 Å². The lowest BCUT2D eigenvalue weighted by molar-refractivity contribution is -0.0547. The maximum atomic E-state index is 5.69. The van der Waals surface area contributed by atoms with Crippen LogP contribution in [-0.2, 0) is 46.9 Å². The fourth-order valence-corrected chi connectivity index (χ4v) is 3.01. The van der Waals surface area contributed by atoms with Crippen LogP contribution in [0.2, 0.25) is 0 Å². The van der Waals surface area contributed by atoms with Crippen LogP contribution < -0.4 is 0 Å². The molecule has 0 aliphatic carbocycles. The summed E-state index contributed by atoms with van der Waals surface area (Å²) in [5.41, 5.74) is 0. The van der Waals surface area contributed by atoms with Gasteiger partial charge < -0.3 is 46.9 Å². The molecule has 0 N–H and O–H groups in total. The molecule has 11 nitrogen and oxygen atoms in total. The molecule has 3 unspecified atom stereocenters. The molecule has 0 fully saturated rings. The van der Waals surface area contributed by atoms with E-state index < -0.39 is 0 Å². The topological polar surface area (TPSA) is 105 Å².